The van der Waals surface area contributed by atoms with Crippen LogP contribution in [0.4, 0.5) is 15.9 Å². The van der Waals surface area contributed by atoms with Gasteiger partial charge in [0.1, 0.15) is 11.5 Å². The summed E-state index contributed by atoms with van der Waals surface area (Å²) in [5.74, 6) is 1.00. The van der Waals surface area contributed by atoms with E-state index in [4.69, 9.17) is 9.47 Å². The zero-order valence-corrected chi connectivity index (χ0v) is 18.2. The van der Waals surface area contributed by atoms with Gasteiger partial charge in [0, 0.05) is 29.6 Å². The summed E-state index contributed by atoms with van der Waals surface area (Å²) in [7, 11) is 3.18. The SMILES string of the molecule is CCCCC(CO)Nc1c(F)c(NCc2ccc(OC)cc2OC)nc2ccccc12. The summed E-state index contributed by atoms with van der Waals surface area (Å²) in [5, 5.41) is 16.7. The third kappa shape index (κ3) is 5.35. The quantitative estimate of drug-likeness (QED) is 0.401. The van der Waals surface area contributed by atoms with Gasteiger partial charge in [-0.1, -0.05) is 38.0 Å². The maximum Gasteiger partial charge on any atom is 0.189 e. The summed E-state index contributed by atoms with van der Waals surface area (Å²) in [6.07, 6.45) is 2.72. The van der Waals surface area contributed by atoms with E-state index in [2.05, 4.69) is 22.5 Å². The first-order valence-corrected chi connectivity index (χ1v) is 10.5. The highest BCUT2D eigenvalue weighted by Crippen LogP contribution is 2.32. The van der Waals surface area contributed by atoms with Gasteiger partial charge in [0.05, 0.1) is 32.0 Å². The van der Waals surface area contributed by atoms with Crippen LogP contribution in [0.2, 0.25) is 0 Å². The molecule has 1 unspecified atom stereocenters. The number of methoxy groups -OCH3 is 2. The molecule has 0 amide bonds. The Balaban J connectivity index is 1.91. The van der Waals surface area contributed by atoms with Gasteiger partial charge in [-0.25, -0.2) is 9.37 Å². The molecular weight excluding hydrogens is 397 g/mol. The molecule has 0 saturated carbocycles. The number of hydrogen-bond acceptors (Lipinski definition) is 6. The number of para-hydroxylation sites is 1. The average Bonchev–Trinajstić information content (AvgIpc) is 2.81. The predicted molar refractivity (Wildman–Crippen MR) is 123 cm³/mol. The van der Waals surface area contributed by atoms with Gasteiger partial charge in [-0.3, -0.25) is 0 Å². The Morgan fingerprint density at radius 1 is 1.13 bits per heavy atom. The van der Waals surface area contributed by atoms with E-state index < -0.39 is 5.82 Å². The number of aromatic nitrogens is 1. The molecule has 7 heteroatoms. The number of hydrogen-bond donors (Lipinski definition) is 3. The lowest BCUT2D eigenvalue weighted by Gasteiger charge is -2.21. The lowest BCUT2D eigenvalue weighted by Crippen LogP contribution is -2.24. The minimum atomic E-state index is -0.471. The fourth-order valence-electron chi connectivity index (χ4n) is 3.49. The topological polar surface area (TPSA) is 75.6 Å². The van der Waals surface area contributed by atoms with Gasteiger partial charge in [0.15, 0.2) is 11.6 Å². The minimum Gasteiger partial charge on any atom is -0.497 e. The number of halogens is 1. The van der Waals surface area contributed by atoms with Crippen LogP contribution >= 0.6 is 0 Å². The number of fused-ring (bicyclic) bond motifs is 1. The van der Waals surface area contributed by atoms with Crippen molar-refractivity contribution in [2.24, 2.45) is 0 Å². The average molecular weight is 428 g/mol. The second kappa shape index (κ2) is 10.8. The van der Waals surface area contributed by atoms with E-state index in [1.807, 2.05) is 36.4 Å². The van der Waals surface area contributed by atoms with Crippen molar-refractivity contribution in [3.05, 3.63) is 53.8 Å². The molecular formula is C24H30FN3O3. The highest BCUT2D eigenvalue weighted by Gasteiger charge is 2.18. The van der Waals surface area contributed by atoms with Gasteiger partial charge < -0.3 is 25.2 Å². The van der Waals surface area contributed by atoms with Crippen molar-refractivity contribution < 1.29 is 19.0 Å². The van der Waals surface area contributed by atoms with Crippen LogP contribution in [-0.4, -0.2) is 37.0 Å². The number of pyridine rings is 1. The molecule has 6 nitrogen and oxygen atoms in total. The number of nitrogens with one attached hydrogen (secondary N) is 2. The largest absolute Gasteiger partial charge is 0.497 e. The highest BCUT2D eigenvalue weighted by molar-refractivity contribution is 5.93. The molecule has 1 heterocycles. The fourth-order valence-corrected chi connectivity index (χ4v) is 3.49. The standard InChI is InChI=1S/C24H30FN3O3/c1-4-5-8-17(15-29)27-23-19-9-6-7-10-20(19)28-24(22(23)25)26-14-16-11-12-18(30-2)13-21(16)31-3/h6-7,9-13,17,29H,4-5,8,14-15H2,1-3H3,(H2,26,27,28). The number of aliphatic hydroxyl groups excluding tert-OH is 1. The molecule has 166 valence electrons. The Kier molecular flexibility index (Phi) is 7.89. The smallest absolute Gasteiger partial charge is 0.189 e. The summed E-state index contributed by atoms with van der Waals surface area (Å²) >= 11 is 0. The van der Waals surface area contributed by atoms with Crippen molar-refractivity contribution in [3.8, 4) is 11.5 Å². The molecule has 0 fully saturated rings. The third-order valence-electron chi connectivity index (χ3n) is 5.25. The van der Waals surface area contributed by atoms with Crippen LogP contribution in [-0.2, 0) is 6.54 Å². The van der Waals surface area contributed by atoms with Gasteiger partial charge in [0.2, 0.25) is 0 Å². The summed E-state index contributed by atoms with van der Waals surface area (Å²) < 4.78 is 26.2. The van der Waals surface area contributed by atoms with Crippen molar-refractivity contribution in [3.63, 3.8) is 0 Å². The summed E-state index contributed by atoms with van der Waals surface area (Å²) in [4.78, 5) is 4.48. The van der Waals surface area contributed by atoms with Crippen LogP contribution in [0.5, 0.6) is 11.5 Å². The third-order valence-corrected chi connectivity index (χ3v) is 5.25. The Hall–Kier alpha value is -3.06. The Labute approximate surface area is 182 Å². The van der Waals surface area contributed by atoms with Crippen LogP contribution < -0.4 is 20.1 Å². The lowest BCUT2D eigenvalue weighted by molar-refractivity contribution is 0.267. The Morgan fingerprint density at radius 3 is 2.65 bits per heavy atom. The van der Waals surface area contributed by atoms with Gasteiger partial charge >= 0.3 is 0 Å². The zero-order valence-electron chi connectivity index (χ0n) is 18.2. The molecule has 0 aliphatic rings. The zero-order chi connectivity index (χ0) is 22.2. The monoisotopic (exact) mass is 427 g/mol. The normalized spacial score (nSPS) is 11.9. The van der Waals surface area contributed by atoms with Crippen molar-refractivity contribution >= 4 is 22.4 Å². The number of nitrogens with zero attached hydrogens (tertiary/aromatic N) is 1. The van der Waals surface area contributed by atoms with Gasteiger partial charge in [0.25, 0.3) is 0 Å². The molecule has 3 rings (SSSR count). The van der Waals surface area contributed by atoms with Crippen molar-refractivity contribution in [1.82, 2.24) is 4.98 Å². The molecule has 0 aliphatic carbocycles. The maximum absolute atomic E-state index is 15.5. The van der Waals surface area contributed by atoms with Crippen LogP contribution in [0, 0.1) is 5.82 Å². The number of anilines is 2. The second-order valence-electron chi connectivity index (χ2n) is 7.36. The molecule has 3 N–H and O–H groups in total. The van der Waals surface area contributed by atoms with Gasteiger partial charge in [-0.2, -0.15) is 0 Å². The van der Waals surface area contributed by atoms with Gasteiger partial charge in [-0.15, -0.1) is 0 Å². The molecule has 1 atom stereocenters. The van der Waals surface area contributed by atoms with Crippen molar-refractivity contribution in [2.75, 3.05) is 31.5 Å². The number of rotatable bonds is 11. The summed E-state index contributed by atoms with van der Waals surface area (Å²) in [5.41, 5.74) is 1.87. The second-order valence-corrected chi connectivity index (χ2v) is 7.36. The number of aliphatic hydroxyl groups is 1. The molecule has 0 aliphatic heterocycles. The van der Waals surface area contributed by atoms with Crippen LogP contribution in [0.25, 0.3) is 10.9 Å². The molecule has 31 heavy (non-hydrogen) atoms. The summed E-state index contributed by atoms with van der Waals surface area (Å²) in [6.45, 7) is 2.35. The van der Waals surface area contributed by atoms with E-state index in [0.29, 0.717) is 34.6 Å². The molecule has 3 aromatic rings. The molecule has 0 saturated heterocycles. The molecule has 2 aromatic carbocycles. The lowest BCUT2D eigenvalue weighted by atomic mass is 10.1. The minimum absolute atomic E-state index is 0.0676. The van der Waals surface area contributed by atoms with Crippen LogP contribution in [0.1, 0.15) is 31.7 Å². The van der Waals surface area contributed by atoms with E-state index in [-0.39, 0.29) is 18.5 Å². The predicted octanol–water partition coefficient (Wildman–Crippen LogP) is 4.97. The van der Waals surface area contributed by atoms with Gasteiger partial charge in [-0.05, 0) is 24.6 Å². The number of unbranched alkanes of at least 4 members (excludes halogenated alkanes) is 1. The maximum atomic E-state index is 15.5. The summed E-state index contributed by atoms with van der Waals surface area (Å²) in [6, 6.07) is 12.7. The van der Waals surface area contributed by atoms with E-state index >= 15 is 4.39 Å². The molecule has 0 radical (unpaired) electrons. The van der Waals surface area contributed by atoms with E-state index in [1.165, 1.54) is 0 Å². The molecule has 0 bridgehead atoms. The number of ether oxygens (including phenoxy) is 2. The highest BCUT2D eigenvalue weighted by atomic mass is 19.1. The number of benzene rings is 2. The van der Waals surface area contributed by atoms with Crippen molar-refractivity contribution in [1.29, 1.82) is 0 Å². The van der Waals surface area contributed by atoms with Crippen LogP contribution in [0.15, 0.2) is 42.5 Å². The van der Waals surface area contributed by atoms with E-state index in [9.17, 15) is 5.11 Å². The Morgan fingerprint density at radius 2 is 1.94 bits per heavy atom. The molecule has 1 aromatic heterocycles. The first kappa shape index (κ1) is 22.6. The van der Waals surface area contributed by atoms with Crippen LogP contribution in [0.3, 0.4) is 0 Å². The first-order chi connectivity index (χ1) is 15.1. The fraction of sp³-hybridized carbons (Fsp3) is 0.375. The Bertz CT molecular complexity index is 1010. The van der Waals surface area contributed by atoms with E-state index in [0.717, 1.165) is 24.8 Å². The molecule has 0 spiro atoms. The van der Waals surface area contributed by atoms with E-state index in [1.54, 1.807) is 20.3 Å². The van der Waals surface area contributed by atoms with Crippen molar-refractivity contribution in [2.45, 2.75) is 38.8 Å². The first-order valence-electron chi connectivity index (χ1n) is 10.5.